The fourth-order valence-corrected chi connectivity index (χ4v) is 3.01. The van der Waals surface area contributed by atoms with Crippen molar-refractivity contribution >= 4 is 17.3 Å². The molecule has 0 bridgehead atoms. The molecule has 0 amide bonds. The number of Topliss-reactive ketones (excluding diaryl/α,β-unsaturated/α-hetero) is 2. The first-order valence-corrected chi connectivity index (χ1v) is 8.29. The Kier molecular flexibility index (Phi) is 6.20. The molecule has 8 heteroatoms. The Bertz CT molecular complexity index is 862. The zero-order chi connectivity index (χ0) is 20.3. The van der Waals surface area contributed by atoms with Gasteiger partial charge < -0.3 is 19.8 Å². The van der Waals surface area contributed by atoms with Crippen molar-refractivity contribution < 1.29 is 27.8 Å². The summed E-state index contributed by atoms with van der Waals surface area (Å²) in [5.74, 6) is -0.357. The molecule has 0 saturated heterocycles. The van der Waals surface area contributed by atoms with Crippen LogP contribution in [0.5, 0.6) is 11.5 Å². The van der Waals surface area contributed by atoms with Crippen LogP contribution in [0.4, 0.5) is 14.5 Å². The maximum atomic E-state index is 12.8. The van der Waals surface area contributed by atoms with Gasteiger partial charge >= 0.3 is 6.61 Å². The molecule has 0 aliphatic rings. The van der Waals surface area contributed by atoms with Gasteiger partial charge in [0.25, 0.3) is 0 Å². The van der Waals surface area contributed by atoms with Crippen molar-refractivity contribution in [2.45, 2.75) is 40.3 Å². The van der Waals surface area contributed by atoms with Crippen molar-refractivity contribution in [2.75, 3.05) is 12.4 Å². The van der Waals surface area contributed by atoms with E-state index >= 15 is 0 Å². The minimum Gasteiger partial charge on any atom is -0.493 e. The van der Waals surface area contributed by atoms with Gasteiger partial charge in [-0.1, -0.05) is 0 Å². The lowest BCUT2D eigenvalue weighted by atomic mass is 10.0. The summed E-state index contributed by atoms with van der Waals surface area (Å²) in [5, 5.41) is 2.96. The number of carbonyl (C=O) groups excluding carboxylic acids is 2. The topological polar surface area (TPSA) is 80.4 Å². The van der Waals surface area contributed by atoms with E-state index in [-0.39, 0.29) is 23.1 Å². The molecule has 0 aliphatic heterocycles. The molecule has 146 valence electrons. The van der Waals surface area contributed by atoms with Gasteiger partial charge in [-0.2, -0.15) is 8.78 Å². The third kappa shape index (κ3) is 4.45. The molecule has 0 fully saturated rings. The van der Waals surface area contributed by atoms with Crippen molar-refractivity contribution in [3.63, 3.8) is 0 Å². The van der Waals surface area contributed by atoms with Crippen LogP contribution < -0.4 is 14.8 Å². The molecule has 1 atom stereocenters. The first kappa shape index (κ1) is 20.4. The fraction of sp³-hybridized carbons (Fsp3) is 0.368. The van der Waals surface area contributed by atoms with E-state index < -0.39 is 12.7 Å². The van der Waals surface area contributed by atoms with Gasteiger partial charge in [0.2, 0.25) is 5.78 Å². The number of carbonyl (C=O) groups is 2. The van der Waals surface area contributed by atoms with Gasteiger partial charge in [-0.15, -0.1) is 0 Å². The average Bonchev–Trinajstić information content (AvgIpc) is 2.88. The third-order valence-electron chi connectivity index (χ3n) is 4.19. The molecule has 1 aromatic heterocycles. The van der Waals surface area contributed by atoms with Gasteiger partial charge in [0, 0.05) is 23.0 Å². The summed E-state index contributed by atoms with van der Waals surface area (Å²) in [6, 6.07) is 3.72. The number of hydrogen-bond acceptors (Lipinski definition) is 5. The molecule has 1 aromatic carbocycles. The molecular formula is C19H22F2N2O4. The first-order chi connectivity index (χ1) is 12.6. The predicted molar refractivity (Wildman–Crippen MR) is 97.3 cm³/mol. The Balaban J connectivity index is 2.24. The minimum atomic E-state index is -3.00. The van der Waals surface area contributed by atoms with E-state index in [0.29, 0.717) is 28.2 Å². The molecule has 1 heterocycles. The highest BCUT2D eigenvalue weighted by molar-refractivity contribution is 6.05. The largest absolute Gasteiger partial charge is 0.493 e. The number of halogens is 2. The standard InChI is InChI=1S/C19H22F2N2O4/c1-9-16(12(4)24)10(2)23-17(9)18(25)11(3)22-13-6-7-14(26-5)15(8-13)27-19(20)21/h6-8,11,19,22-23H,1-5H3. The number of alkyl halides is 2. The number of rotatable bonds is 8. The Labute approximate surface area is 155 Å². The maximum absolute atomic E-state index is 12.8. The fourth-order valence-electron chi connectivity index (χ4n) is 3.01. The number of aromatic amines is 1. The number of nitrogens with one attached hydrogen (secondary N) is 2. The molecule has 2 rings (SSSR count). The molecular weight excluding hydrogens is 358 g/mol. The van der Waals surface area contributed by atoms with E-state index in [9.17, 15) is 18.4 Å². The van der Waals surface area contributed by atoms with Crippen molar-refractivity contribution in [1.29, 1.82) is 0 Å². The summed E-state index contributed by atoms with van der Waals surface area (Å²) in [5.41, 5.74) is 2.49. The average molecular weight is 380 g/mol. The third-order valence-corrected chi connectivity index (χ3v) is 4.19. The van der Waals surface area contributed by atoms with Crippen LogP contribution in [-0.2, 0) is 0 Å². The number of methoxy groups -OCH3 is 1. The number of ketones is 2. The second-order valence-electron chi connectivity index (χ2n) is 6.16. The van der Waals surface area contributed by atoms with Gasteiger partial charge in [-0.05, 0) is 45.4 Å². The van der Waals surface area contributed by atoms with Gasteiger partial charge in [0.15, 0.2) is 17.3 Å². The molecule has 2 N–H and O–H groups in total. The molecule has 1 unspecified atom stereocenters. The highest BCUT2D eigenvalue weighted by Crippen LogP contribution is 2.32. The number of anilines is 1. The van der Waals surface area contributed by atoms with Gasteiger partial charge in [-0.25, -0.2) is 0 Å². The Morgan fingerprint density at radius 2 is 1.85 bits per heavy atom. The molecule has 0 saturated carbocycles. The van der Waals surface area contributed by atoms with E-state index in [1.54, 1.807) is 26.8 Å². The highest BCUT2D eigenvalue weighted by Gasteiger charge is 2.24. The monoisotopic (exact) mass is 380 g/mol. The lowest BCUT2D eigenvalue weighted by Crippen LogP contribution is -2.27. The Morgan fingerprint density at radius 1 is 1.19 bits per heavy atom. The minimum absolute atomic E-state index is 0.121. The van der Waals surface area contributed by atoms with Gasteiger partial charge in [0.1, 0.15) is 0 Å². The van der Waals surface area contributed by atoms with Crippen LogP contribution >= 0.6 is 0 Å². The smallest absolute Gasteiger partial charge is 0.387 e. The van der Waals surface area contributed by atoms with E-state index in [1.165, 1.54) is 26.2 Å². The van der Waals surface area contributed by atoms with Crippen LogP contribution in [0.2, 0.25) is 0 Å². The SMILES string of the molecule is COc1ccc(NC(C)C(=O)c2[nH]c(C)c(C(C)=O)c2C)cc1OC(F)F. The number of benzene rings is 1. The number of H-pyrrole nitrogens is 1. The Hall–Kier alpha value is -2.90. The first-order valence-electron chi connectivity index (χ1n) is 8.29. The normalized spacial score (nSPS) is 12.0. The summed E-state index contributed by atoms with van der Waals surface area (Å²) in [7, 11) is 1.34. The molecule has 2 aromatic rings. The summed E-state index contributed by atoms with van der Waals surface area (Å²) < 4.78 is 34.5. The van der Waals surface area contributed by atoms with Crippen LogP contribution in [0.25, 0.3) is 0 Å². The zero-order valence-corrected chi connectivity index (χ0v) is 15.8. The van der Waals surface area contributed by atoms with Crippen molar-refractivity contribution in [1.82, 2.24) is 4.98 Å². The number of hydrogen-bond donors (Lipinski definition) is 2. The van der Waals surface area contributed by atoms with Crippen molar-refractivity contribution in [3.05, 3.63) is 40.7 Å². The summed E-state index contributed by atoms with van der Waals surface area (Å²) >= 11 is 0. The quantitative estimate of drug-likeness (QED) is 0.673. The molecule has 27 heavy (non-hydrogen) atoms. The summed E-state index contributed by atoms with van der Waals surface area (Å²) in [6.45, 7) is 3.53. The van der Waals surface area contributed by atoms with E-state index in [2.05, 4.69) is 15.0 Å². The predicted octanol–water partition coefficient (Wildman–Crippen LogP) is 4.13. The maximum Gasteiger partial charge on any atom is 0.387 e. The Morgan fingerprint density at radius 3 is 2.37 bits per heavy atom. The molecule has 0 radical (unpaired) electrons. The number of ether oxygens (including phenoxy) is 2. The van der Waals surface area contributed by atoms with Crippen LogP contribution in [0.3, 0.4) is 0 Å². The van der Waals surface area contributed by atoms with E-state index in [4.69, 9.17) is 4.74 Å². The van der Waals surface area contributed by atoms with Crippen LogP contribution in [0.1, 0.15) is 46.0 Å². The van der Waals surface area contributed by atoms with Crippen LogP contribution in [-0.4, -0.2) is 36.3 Å². The van der Waals surface area contributed by atoms with Gasteiger partial charge in [0.05, 0.1) is 18.8 Å². The summed E-state index contributed by atoms with van der Waals surface area (Å²) in [6.07, 6.45) is 0. The number of aryl methyl sites for hydroxylation is 1. The van der Waals surface area contributed by atoms with Crippen molar-refractivity contribution in [3.8, 4) is 11.5 Å². The molecule has 0 aliphatic carbocycles. The second-order valence-corrected chi connectivity index (χ2v) is 6.16. The summed E-state index contributed by atoms with van der Waals surface area (Å²) in [4.78, 5) is 27.5. The lowest BCUT2D eigenvalue weighted by Gasteiger charge is -2.16. The zero-order valence-electron chi connectivity index (χ0n) is 15.8. The van der Waals surface area contributed by atoms with E-state index in [1.807, 2.05) is 0 Å². The van der Waals surface area contributed by atoms with E-state index in [0.717, 1.165) is 0 Å². The van der Waals surface area contributed by atoms with Crippen molar-refractivity contribution in [2.24, 2.45) is 0 Å². The second kappa shape index (κ2) is 8.20. The molecule has 0 spiro atoms. The van der Waals surface area contributed by atoms with Crippen LogP contribution in [0.15, 0.2) is 18.2 Å². The highest BCUT2D eigenvalue weighted by atomic mass is 19.3. The van der Waals surface area contributed by atoms with Gasteiger partial charge in [-0.3, -0.25) is 9.59 Å². The van der Waals surface area contributed by atoms with Crippen LogP contribution in [0, 0.1) is 13.8 Å². The lowest BCUT2D eigenvalue weighted by molar-refractivity contribution is -0.0511. The molecule has 6 nitrogen and oxygen atoms in total. The number of aromatic nitrogens is 1.